The maximum atomic E-state index is 12.8. The topological polar surface area (TPSA) is 110 Å². The van der Waals surface area contributed by atoms with E-state index < -0.39 is 5.97 Å². The molecule has 0 radical (unpaired) electrons. The van der Waals surface area contributed by atoms with E-state index in [0.717, 1.165) is 0 Å². The van der Waals surface area contributed by atoms with E-state index in [9.17, 15) is 9.59 Å². The Hall–Kier alpha value is -3.94. The molecule has 0 spiro atoms. The van der Waals surface area contributed by atoms with Crippen LogP contribution < -0.4 is 10.3 Å². The first-order valence-corrected chi connectivity index (χ1v) is 11.0. The lowest BCUT2D eigenvalue weighted by molar-refractivity contribution is 0.0697. The minimum atomic E-state index is -1.11. The molecular weight excluding hydrogens is 432 g/mol. The number of carboxylic acids is 1. The molecule has 0 aliphatic heterocycles. The Morgan fingerprint density at radius 1 is 0.971 bits per heavy atom. The van der Waals surface area contributed by atoms with Crippen LogP contribution in [-0.4, -0.2) is 30.8 Å². The molecule has 0 aliphatic rings. The van der Waals surface area contributed by atoms with Gasteiger partial charge in [0.25, 0.3) is 5.56 Å². The number of ether oxygens (including phenoxy) is 1. The molecule has 2 heterocycles. The van der Waals surface area contributed by atoms with Gasteiger partial charge < -0.3 is 9.84 Å². The Bertz CT molecular complexity index is 1420. The normalized spacial score (nSPS) is 12.2. The summed E-state index contributed by atoms with van der Waals surface area (Å²) < 4.78 is 7.42. The van der Waals surface area contributed by atoms with E-state index in [2.05, 4.69) is 62.7 Å². The van der Waals surface area contributed by atoms with E-state index in [-0.39, 0.29) is 27.9 Å². The summed E-state index contributed by atoms with van der Waals surface area (Å²) in [5.41, 5.74) is 2.30. The number of hydrogen-bond acceptors (Lipinski definition) is 5. The Morgan fingerprint density at radius 2 is 1.62 bits per heavy atom. The van der Waals surface area contributed by atoms with Crippen molar-refractivity contribution >= 4 is 16.9 Å². The average molecular weight is 461 g/mol. The van der Waals surface area contributed by atoms with Crippen LogP contribution in [0.5, 0.6) is 11.5 Å². The third-order valence-corrected chi connectivity index (χ3v) is 5.59. The SMILES string of the molecule is CC(C)(C)c1cc(Oc2ccc3nc(-n4cc(C(=O)O)cn4)[nH]c(=O)c3c2)cc(C(C)(C)C)c1. The molecule has 2 aromatic heterocycles. The van der Waals surface area contributed by atoms with Crippen molar-refractivity contribution < 1.29 is 14.6 Å². The fourth-order valence-corrected chi connectivity index (χ4v) is 3.49. The van der Waals surface area contributed by atoms with E-state index in [4.69, 9.17) is 9.84 Å². The van der Waals surface area contributed by atoms with Gasteiger partial charge in [-0.3, -0.25) is 9.78 Å². The lowest BCUT2D eigenvalue weighted by atomic mass is 9.80. The Balaban J connectivity index is 1.72. The molecule has 0 saturated heterocycles. The van der Waals surface area contributed by atoms with Crippen LogP contribution in [0.15, 0.2) is 53.6 Å². The summed E-state index contributed by atoms with van der Waals surface area (Å²) in [6.07, 6.45) is 2.49. The lowest BCUT2D eigenvalue weighted by Gasteiger charge is -2.26. The highest BCUT2D eigenvalue weighted by Gasteiger charge is 2.21. The van der Waals surface area contributed by atoms with Crippen molar-refractivity contribution in [1.82, 2.24) is 19.7 Å². The molecule has 0 unspecified atom stereocenters. The predicted molar refractivity (Wildman–Crippen MR) is 130 cm³/mol. The number of nitrogens with zero attached hydrogens (tertiary/aromatic N) is 3. The van der Waals surface area contributed by atoms with Gasteiger partial charge in [0.2, 0.25) is 5.95 Å². The van der Waals surface area contributed by atoms with E-state index in [1.807, 2.05) is 12.1 Å². The molecule has 4 rings (SSSR count). The van der Waals surface area contributed by atoms with Gasteiger partial charge in [-0.05, 0) is 52.3 Å². The maximum absolute atomic E-state index is 12.8. The second kappa shape index (κ2) is 8.13. The second-order valence-corrected chi connectivity index (χ2v) is 10.4. The number of aromatic carboxylic acids is 1. The molecule has 34 heavy (non-hydrogen) atoms. The Morgan fingerprint density at radius 3 is 2.18 bits per heavy atom. The monoisotopic (exact) mass is 460 g/mol. The zero-order chi connectivity index (χ0) is 24.8. The third kappa shape index (κ3) is 4.71. The maximum Gasteiger partial charge on any atom is 0.338 e. The second-order valence-electron chi connectivity index (χ2n) is 10.4. The molecule has 0 fully saturated rings. The molecule has 8 nitrogen and oxygen atoms in total. The smallest absolute Gasteiger partial charge is 0.338 e. The fraction of sp³-hybridized carbons (Fsp3) is 0.308. The van der Waals surface area contributed by atoms with Gasteiger partial charge in [0.05, 0.1) is 22.7 Å². The van der Waals surface area contributed by atoms with Crippen LogP contribution in [0.1, 0.15) is 63.0 Å². The van der Waals surface area contributed by atoms with Crippen molar-refractivity contribution in [3.05, 3.63) is 75.8 Å². The quantitative estimate of drug-likeness (QED) is 0.433. The molecule has 0 aliphatic carbocycles. The molecule has 2 N–H and O–H groups in total. The molecule has 2 aromatic carbocycles. The zero-order valence-corrected chi connectivity index (χ0v) is 20.1. The lowest BCUT2D eigenvalue weighted by Crippen LogP contribution is -2.16. The summed E-state index contributed by atoms with van der Waals surface area (Å²) in [5.74, 6) is 0.244. The number of aromatic amines is 1. The Kier molecular flexibility index (Phi) is 5.55. The summed E-state index contributed by atoms with van der Waals surface area (Å²) in [6, 6.07) is 11.4. The van der Waals surface area contributed by atoms with Gasteiger partial charge in [-0.2, -0.15) is 5.10 Å². The van der Waals surface area contributed by atoms with Crippen LogP contribution in [0.3, 0.4) is 0 Å². The van der Waals surface area contributed by atoms with Crippen LogP contribution in [0.25, 0.3) is 16.9 Å². The molecule has 4 aromatic rings. The summed E-state index contributed by atoms with van der Waals surface area (Å²) in [6.45, 7) is 13.0. The fourth-order valence-electron chi connectivity index (χ4n) is 3.49. The zero-order valence-electron chi connectivity index (χ0n) is 20.1. The van der Waals surface area contributed by atoms with Crippen molar-refractivity contribution in [2.24, 2.45) is 0 Å². The van der Waals surface area contributed by atoms with E-state index in [0.29, 0.717) is 22.4 Å². The highest BCUT2D eigenvalue weighted by Crippen LogP contribution is 2.35. The van der Waals surface area contributed by atoms with Crippen molar-refractivity contribution in [3.63, 3.8) is 0 Å². The average Bonchev–Trinajstić information content (AvgIpc) is 3.23. The van der Waals surface area contributed by atoms with Crippen molar-refractivity contribution in [1.29, 1.82) is 0 Å². The van der Waals surface area contributed by atoms with Crippen molar-refractivity contribution in [2.75, 3.05) is 0 Å². The summed E-state index contributed by atoms with van der Waals surface area (Å²) in [7, 11) is 0. The Labute approximate surface area is 197 Å². The summed E-state index contributed by atoms with van der Waals surface area (Å²) >= 11 is 0. The molecular formula is C26H28N4O4. The van der Waals surface area contributed by atoms with Gasteiger partial charge in [0.1, 0.15) is 11.5 Å². The number of fused-ring (bicyclic) bond motifs is 1. The largest absolute Gasteiger partial charge is 0.478 e. The van der Waals surface area contributed by atoms with E-state index in [1.165, 1.54) is 28.2 Å². The first kappa shape index (κ1) is 23.2. The molecule has 0 saturated carbocycles. The van der Waals surface area contributed by atoms with Crippen LogP contribution in [0, 0.1) is 0 Å². The van der Waals surface area contributed by atoms with Crippen LogP contribution in [0.4, 0.5) is 0 Å². The first-order valence-electron chi connectivity index (χ1n) is 11.0. The van der Waals surface area contributed by atoms with Gasteiger partial charge in [-0.1, -0.05) is 47.6 Å². The van der Waals surface area contributed by atoms with Gasteiger partial charge in [0.15, 0.2) is 0 Å². The number of carboxylic acid groups (broad SMARTS) is 1. The minimum absolute atomic E-state index is 0.00129. The molecule has 0 bridgehead atoms. The van der Waals surface area contributed by atoms with Crippen LogP contribution in [0.2, 0.25) is 0 Å². The van der Waals surface area contributed by atoms with Gasteiger partial charge in [0, 0.05) is 6.20 Å². The summed E-state index contributed by atoms with van der Waals surface area (Å²) in [5, 5.41) is 13.4. The van der Waals surface area contributed by atoms with Gasteiger partial charge in [-0.25, -0.2) is 14.5 Å². The highest BCUT2D eigenvalue weighted by atomic mass is 16.5. The van der Waals surface area contributed by atoms with Crippen molar-refractivity contribution in [3.8, 4) is 17.4 Å². The van der Waals surface area contributed by atoms with Crippen molar-refractivity contribution in [2.45, 2.75) is 52.4 Å². The number of benzene rings is 2. The van der Waals surface area contributed by atoms with Gasteiger partial charge >= 0.3 is 5.97 Å². The molecule has 176 valence electrons. The predicted octanol–water partition coefficient (Wildman–Crippen LogP) is 5.19. The number of H-pyrrole nitrogens is 1. The van der Waals surface area contributed by atoms with E-state index in [1.54, 1.807) is 18.2 Å². The first-order chi connectivity index (χ1) is 15.8. The summed E-state index contributed by atoms with van der Waals surface area (Å²) in [4.78, 5) is 31.0. The van der Waals surface area contributed by atoms with Crippen LogP contribution in [-0.2, 0) is 10.8 Å². The minimum Gasteiger partial charge on any atom is -0.478 e. The van der Waals surface area contributed by atoms with Gasteiger partial charge in [-0.15, -0.1) is 0 Å². The molecule has 8 heteroatoms. The number of nitrogens with one attached hydrogen (secondary N) is 1. The number of aromatic nitrogens is 4. The third-order valence-electron chi connectivity index (χ3n) is 5.59. The molecule has 0 amide bonds. The number of rotatable bonds is 4. The standard InChI is InChI=1S/C26H28N4O4/c1-25(2,3)16-9-17(26(4,5)6)11-19(10-16)34-18-7-8-21-20(12-18)22(31)29-24(28-21)30-14-15(13-27-30)23(32)33/h7-14H,1-6H3,(H,32,33)(H,28,29,31). The number of carbonyl (C=O) groups is 1. The number of hydrogen-bond donors (Lipinski definition) is 2. The molecule has 0 atom stereocenters. The van der Waals surface area contributed by atoms with E-state index >= 15 is 0 Å². The highest BCUT2D eigenvalue weighted by molar-refractivity contribution is 5.87. The van der Waals surface area contributed by atoms with Crippen LogP contribution >= 0.6 is 0 Å².